The number of fused-ring (bicyclic) bond motifs is 1. The summed E-state index contributed by atoms with van der Waals surface area (Å²) in [4.78, 5) is 12.4. The second-order valence-corrected chi connectivity index (χ2v) is 5.80. The van der Waals surface area contributed by atoms with Gasteiger partial charge in [0.2, 0.25) is 6.10 Å². The molecule has 1 aliphatic rings. The Bertz CT molecular complexity index is 875. The van der Waals surface area contributed by atoms with E-state index in [1.807, 2.05) is 60.7 Å². The molecule has 0 fully saturated rings. The molecule has 0 bridgehead atoms. The molecule has 0 saturated carbocycles. The van der Waals surface area contributed by atoms with Crippen molar-refractivity contribution in [2.45, 2.75) is 6.10 Å². The van der Waals surface area contributed by atoms with Crippen LogP contribution >= 0.6 is 0 Å². The fourth-order valence-corrected chi connectivity index (χ4v) is 2.75. The maximum atomic E-state index is 12.4. The van der Waals surface area contributed by atoms with Crippen molar-refractivity contribution in [2.24, 2.45) is 0 Å². The van der Waals surface area contributed by atoms with E-state index in [4.69, 9.17) is 9.47 Å². The number of ether oxygens (including phenoxy) is 2. The zero-order valence-electron chi connectivity index (χ0n) is 13.5. The Labute approximate surface area is 146 Å². The van der Waals surface area contributed by atoms with E-state index in [9.17, 15) is 4.79 Å². The summed E-state index contributed by atoms with van der Waals surface area (Å²) < 4.78 is 11.3. The summed E-state index contributed by atoms with van der Waals surface area (Å²) in [5.74, 6) is 1.04. The highest BCUT2D eigenvalue weighted by atomic mass is 16.6. The number of benzene rings is 3. The first-order chi connectivity index (χ1) is 12.3. The van der Waals surface area contributed by atoms with Crippen LogP contribution in [0.5, 0.6) is 11.5 Å². The maximum Gasteiger partial charge on any atom is 0.269 e. The quantitative estimate of drug-likeness (QED) is 0.785. The lowest BCUT2D eigenvalue weighted by molar-refractivity contribution is -0.125. The van der Waals surface area contributed by atoms with Gasteiger partial charge in [-0.05, 0) is 35.4 Å². The Morgan fingerprint density at radius 1 is 0.800 bits per heavy atom. The van der Waals surface area contributed by atoms with E-state index in [0.29, 0.717) is 11.5 Å². The van der Waals surface area contributed by atoms with Crippen LogP contribution in [-0.2, 0) is 4.79 Å². The fourth-order valence-electron chi connectivity index (χ4n) is 2.75. The molecule has 3 aromatic carbocycles. The molecule has 25 heavy (non-hydrogen) atoms. The highest BCUT2D eigenvalue weighted by Crippen LogP contribution is 2.31. The number of carbonyl (C=O) groups excluding carboxylic acids is 1. The van der Waals surface area contributed by atoms with Crippen LogP contribution in [0.3, 0.4) is 0 Å². The Balaban J connectivity index is 1.43. The van der Waals surface area contributed by atoms with E-state index in [1.165, 1.54) is 0 Å². The first-order valence-electron chi connectivity index (χ1n) is 8.14. The average molecular weight is 331 g/mol. The van der Waals surface area contributed by atoms with Gasteiger partial charge in [-0.15, -0.1) is 0 Å². The summed E-state index contributed by atoms with van der Waals surface area (Å²) in [7, 11) is 0. The minimum Gasteiger partial charge on any atom is -0.485 e. The number of rotatable bonds is 3. The second-order valence-electron chi connectivity index (χ2n) is 5.80. The normalized spacial score (nSPS) is 15.4. The van der Waals surface area contributed by atoms with E-state index < -0.39 is 6.10 Å². The Morgan fingerprint density at radius 2 is 1.44 bits per heavy atom. The third-order valence-electron chi connectivity index (χ3n) is 4.06. The largest absolute Gasteiger partial charge is 0.485 e. The number of nitrogens with one attached hydrogen (secondary N) is 1. The van der Waals surface area contributed by atoms with Crippen LogP contribution in [-0.4, -0.2) is 18.6 Å². The summed E-state index contributed by atoms with van der Waals surface area (Å²) in [6, 6.07) is 25.2. The molecule has 124 valence electrons. The summed E-state index contributed by atoms with van der Waals surface area (Å²) in [5, 5.41) is 2.88. The molecule has 4 nitrogen and oxygen atoms in total. The monoisotopic (exact) mass is 331 g/mol. The van der Waals surface area contributed by atoms with Crippen LogP contribution in [0.4, 0.5) is 5.69 Å². The van der Waals surface area contributed by atoms with Crippen LogP contribution in [0.15, 0.2) is 78.9 Å². The first kappa shape index (κ1) is 15.3. The molecule has 0 unspecified atom stereocenters. The summed E-state index contributed by atoms with van der Waals surface area (Å²) >= 11 is 0. The molecule has 0 saturated heterocycles. The Morgan fingerprint density at radius 3 is 2.20 bits per heavy atom. The SMILES string of the molecule is O=C(Nc1ccc(-c2ccccc2)cc1)[C@@H]1COc2ccccc2O1. The molecule has 1 heterocycles. The van der Waals surface area contributed by atoms with Crippen molar-refractivity contribution in [3.63, 3.8) is 0 Å². The van der Waals surface area contributed by atoms with Gasteiger partial charge >= 0.3 is 0 Å². The summed E-state index contributed by atoms with van der Waals surface area (Å²) in [5.41, 5.74) is 2.97. The molecule has 4 rings (SSSR count). The van der Waals surface area contributed by atoms with Gasteiger partial charge in [0.25, 0.3) is 5.91 Å². The number of carbonyl (C=O) groups is 1. The zero-order chi connectivity index (χ0) is 17.1. The third kappa shape index (κ3) is 3.33. The molecular weight excluding hydrogens is 314 g/mol. The first-order valence-corrected chi connectivity index (χ1v) is 8.14. The molecule has 3 aromatic rings. The van der Waals surface area contributed by atoms with Gasteiger partial charge in [0, 0.05) is 5.69 Å². The van der Waals surface area contributed by atoms with Crippen LogP contribution in [0, 0.1) is 0 Å². The van der Waals surface area contributed by atoms with Gasteiger partial charge in [0.1, 0.15) is 6.61 Å². The summed E-state index contributed by atoms with van der Waals surface area (Å²) in [6.07, 6.45) is -0.663. The molecule has 1 atom stereocenters. The number of para-hydroxylation sites is 2. The lowest BCUT2D eigenvalue weighted by Crippen LogP contribution is -2.40. The van der Waals surface area contributed by atoms with E-state index in [0.717, 1.165) is 16.8 Å². The molecule has 1 N–H and O–H groups in total. The minimum absolute atomic E-state index is 0.199. The standard InChI is InChI=1S/C21H17NO3/c23-21(20-14-24-18-8-4-5-9-19(18)25-20)22-17-12-10-16(11-13-17)15-6-2-1-3-7-15/h1-13,20H,14H2,(H,22,23)/t20-/m0/s1. The van der Waals surface area contributed by atoms with Crippen LogP contribution in [0.2, 0.25) is 0 Å². The molecule has 1 aliphatic heterocycles. The van der Waals surface area contributed by atoms with Crippen LogP contribution in [0.25, 0.3) is 11.1 Å². The summed E-state index contributed by atoms with van der Waals surface area (Å²) in [6.45, 7) is 0.199. The highest BCUT2D eigenvalue weighted by Gasteiger charge is 2.27. The van der Waals surface area contributed by atoms with E-state index in [2.05, 4.69) is 17.4 Å². The van der Waals surface area contributed by atoms with Gasteiger partial charge in [-0.25, -0.2) is 0 Å². The minimum atomic E-state index is -0.663. The van der Waals surface area contributed by atoms with E-state index in [1.54, 1.807) is 6.07 Å². The van der Waals surface area contributed by atoms with Crippen molar-refractivity contribution in [1.29, 1.82) is 0 Å². The Hall–Kier alpha value is -3.27. The van der Waals surface area contributed by atoms with E-state index in [-0.39, 0.29) is 12.5 Å². The molecule has 0 aliphatic carbocycles. The van der Waals surface area contributed by atoms with Crippen molar-refractivity contribution in [3.8, 4) is 22.6 Å². The smallest absolute Gasteiger partial charge is 0.269 e. The predicted molar refractivity (Wildman–Crippen MR) is 96.9 cm³/mol. The zero-order valence-corrected chi connectivity index (χ0v) is 13.5. The van der Waals surface area contributed by atoms with Crippen molar-refractivity contribution in [3.05, 3.63) is 78.9 Å². The Kier molecular flexibility index (Phi) is 4.09. The van der Waals surface area contributed by atoms with Gasteiger partial charge in [-0.3, -0.25) is 4.79 Å². The molecule has 0 aromatic heterocycles. The predicted octanol–water partition coefficient (Wildman–Crippen LogP) is 4.13. The topological polar surface area (TPSA) is 47.6 Å². The van der Waals surface area contributed by atoms with Gasteiger partial charge in [-0.2, -0.15) is 0 Å². The molecule has 1 amide bonds. The van der Waals surface area contributed by atoms with Crippen LogP contribution in [0.1, 0.15) is 0 Å². The molecule has 0 radical (unpaired) electrons. The molecule has 4 heteroatoms. The average Bonchev–Trinajstić information content (AvgIpc) is 2.69. The van der Waals surface area contributed by atoms with Gasteiger partial charge in [-0.1, -0.05) is 54.6 Å². The van der Waals surface area contributed by atoms with Gasteiger partial charge in [0.05, 0.1) is 0 Å². The van der Waals surface area contributed by atoms with Crippen molar-refractivity contribution >= 4 is 11.6 Å². The number of amides is 1. The third-order valence-corrected chi connectivity index (χ3v) is 4.06. The van der Waals surface area contributed by atoms with Crippen molar-refractivity contribution in [1.82, 2.24) is 0 Å². The second kappa shape index (κ2) is 6.69. The van der Waals surface area contributed by atoms with Gasteiger partial charge in [0.15, 0.2) is 11.5 Å². The van der Waals surface area contributed by atoms with Crippen molar-refractivity contribution < 1.29 is 14.3 Å². The molecular formula is C21H17NO3. The highest BCUT2D eigenvalue weighted by molar-refractivity contribution is 5.95. The number of anilines is 1. The fraction of sp³-hybridized carbons (Fsp3) is 0.0952. The van der Waals surface area contributed by atoms with Crippen LogP contribution < -0.4 is 14.8 Å². The lowest BCUT2D eigenvalue weighted by atomic mass is 10.1. The lowest BCUT2D eigenvalue weighted by Gasteiger charge is -2.25. The number of hydrogen-bond acceptors (Lipinski definition) is 3. The van der Waals surface area contributed by atoms with E-state index >= 15 is 0 Å². The maximum absolute atomic E-state index is 12.4. The number of hydrogen-bond donors (Lipinski definition) is 1. The van der Waals surface area contributed by atoms with Gasteiger partial charge < -0.3 is 14.8 Å². The van der Waals surface area contributed by atoms with Crippen molar-refractivity contribution in [2.75, 3.05) is 11.9 Å². The molecule has 0 spiro atoms.